The van der Waals surface area contributed by atoms with Crippen LogP contribution in [0.4, 0.5) is 0 Å². The van der Waals surface area contributed by atoms with Gasteiger partial charge in [0, 0.05) is 33.2 Å². The van der Waals surface area contributed by atoms with Crippen molar-refractivity contribution in [1.29, 1.82) is 0 Å². The van der Waals surface area contributed by atoms with E-state index in [1.807, 2.05) is 0 Å². The molecule has 154 valence electrons. The predicted octanol–water partition coefficient (Wildman–Crippen LogP) is 2.20. The monoisotopic (exact) mass is 500 g/mol. The molecule has 8 heteroatoms. The molecule has 2 aliphatic rings. The molecular weight excluding hydrogens is 463 g/mol. The maximum absolute atomic E-state index is 12.1. The summed E-state index contributed by atoms with van der Waals surface area (Å²) < 4.78 is 23.6. The van der Waals surface area contributed by atoms with E-state index in [4.69, 9.17) is 0 Å². The van der Waals surface area contributed by atoms with Gasteiger partial charge in [0.2, 0.25) is 0 Å². The average Bonchev–Trinajstić information content (AvgIpc) is 2.54. The van der Waals surface area contributed by atoms with Crippen LogP contribution in [-0.2, 0) is 9.84 Å². The van der Waals surface area contributed by atoms with Crippen molar-refractivity contribution < 1.29 is 8.42 Å². The summed E-state index contributed by atoms with van der Waals surface area (Å²) in [5.74, 6) is 1.87. The highest BCUT2D eigenvalue weighted by molar-refractivity contribution is 14.0. The minimum atomic E-state index is -3.01. The van der Waals surface area contributed by atoms with Crippen LogP contribution in [0.1, 0.15) is 46.5 Å². The van der Waals surface area contributed by atoms with Gasteiger partial charge in [-0.15, -0.1) is 24.0 Å². The quantitative estimate of drug-likeness (QED) is 0.272. The van der Waals surface area contributed by atoms with Gasteiger partial charge in [0.05, 0.1) is 10.5 Å². The summed E-state index contributed by atoms with van der Waals surface area (Å²) in [7, 11) is -1.24. The molecule has 1 unspecified atom stereocenters. The fourth-order valence-electron chi connectivity index (χ4n) is 3.81. The van der Waals surface area contributed by atoms with Crippen molar-refractivity contribution in [3.8, 4) is 0 Å². The fraction of sp³-hybridized carbons (Fsp3) is 0.944. The van der Waals surface area contributed by atoms with Crippen LogP contribution in [0.25, 0.3) is 0 Å². The molecule has 2 rings (SSSR count). The zero-order valence-corrected chi connectivity index (χ0v) is 20.0. The largest absolute Gasteiger partial charge is 0.356 e. The molecule has 0 aliphatic carbocycles. The maximum Gasteiger partial charge on any atom is 0.193 e. The molecule has 0 aromatic heterocycles. The Bertz CT molecular complexity index is 566. The molecule has 0 radical (unpaired) electrons. The number of guanidine groups is 1. The number of likely N-dealkylation sites (tertiary alicyclic amines) is 1. The first-order valence-corrected chi connectivity index (χ1v) is 11.3. The van der Waals surface area contributed by atoms with Gasteiger partial charge in [0.1, 0.15) is 0 Å². The Hall–Kier alpha value is -0.0900. The molecule has 2 fully saturated rings. The maximum atomic E-state index is 12.1. The van der Waals surface area contributed by atoms with E-state index in [0.29, 0.717) is 13.1 Å². The molecule has 1 atom stereocenters. The summed E-state index contributed by atoms with van der Waals surface area (Å²) in [6.45, 7) is 11.5. The first-order chi connectivity index (χ1) is 11.7. The molecule has 0 aromatic rings. The molecule has 2 saturated heterocycles. The lowest BCUT2D eigenvalue weighted by molar-refractivity contribution is 0.181. The molecule has 0 spiro atoms. The van der Waals surface area contributed by atoms with Gasteiger partial charge in [-0.05, 0) is 58.5 Å². The summed E-state index contributed by atoms with van der Waals surface area (Å²) in [6, 6.07) is 0. The third kappa shape index (κ3) is 6.51. The normalized spacial score (nSPS) is 26.2. The third-order valence-corrected chi connectivity index (χ3v) is 8.01. The number of nitrogens with one attached hydrogen (secondary N) is 1. The van der Waals surface area contributed by atoms with Crippen molar-refractivity contribution in [1.82, 2.24) is 15.1 Å². The Morgan fingerprint density at radius 1 is 1.27 bits per heavy atom. The van der Waals surface area contributed by atoms with Gasteiger partial charge in [-0.1, -0.05) is 6.92 Å². The Morgan fingerprint density at radius 2 is 2.00 bits per heavy atom. The summed E-state index contributed by atoms with van der Waals surface area (Å²) in [5.41, 5.74) is 0. The molecule has 2 heterocycles. The number of hydrogen-bond acceptors (Lipinski definition) is 4. The minimum absolute atomic E-state index is 0. The second kappa shape index (κ2) is 10.5. The van der Waals surface area contributed by atoms with Crippen molar-refractivity contribution in [2.75, 3.05) is 52.1 Å². The van der Waals surface area contributed by atoms with Crippen LogP contribution in [0.3, 0.4) is 0 Å². The zero-order chi connectivity index (χ0) is 18.5. The number of aliphatic imine (C=N–C) groups is 1. The van der Waals surface area contributed by atoms with E-state index < -0.39 is 14.6 Å². The average molecular weight is 500 g/mol. The number of sulfone groups is 1. The number of nitrogens with zero attached hydrogens (tertiary/aromatic N) is 3. The fourth-order valence-corrected chi connectivity index (χ4v) is 5.17. The molecule has 6 nitrogen and oxygen atoms in total. The number of halogens is 1. The third-order valence-electron chi connectivity index (χ3n) is 5.48. The smallest absolute Gasteiger partial charge is 0.193 e. The molecule has 2 aliphatic heterocycles. The standard InChI is InChI=1S/C18H36N4O2S.HI/c1-16-8-7-11-21(14-16)10-6-5-9-20-17(19-4)22-12-13-25(23,24)18(2,3)15-22;/h16H,5-15H2,1-4H3,(H,19,20);1H. The Kier molecular flexibility index (Phi) is 9.63. The van der Waals surface area contributed by atoms with Crippen LogP contribution < -0.4 is 5.32 Å². The van der Waals surface area contributed by atoms with E-state index in [9.17, 15) is 8.42 Å². The molecule has 1 N–H and O–H groups in total. The van der Waals surface area contributed by atoms with Crippen molar-refractivity contribution >= 4 is 39.8 Å². The highest BCUT2D eigenvalue weighted by atomic mass is 127. The van der Waals surface area contributed by atoms with E-state index in [-0.39, 0.29) is 29.7 Å². The zero-order valence-electron chi connectivity index (χ0n) is 16.8. The van der Waals surface area contributed by atoms with Crippen LogP contribution in [0, 0.1) is 5.92 Å². The second-order valence-electron chi connectivity index (χ2n) is 8.23. The summed E-state index contributed by atoms with van der Waals surface area (Å²) in [4.78, 5) is 9.01. The molecule has 26 heavy (non-hydrogen) atoms. The van der Waals surface area contributed by atoms with Crippen molar-refractivity contribution in [3.05, 3.63) is 0 Å². The second-order valence-corrected chi connectivity index (χ2v) is 11.0. The van der Waals surface area contributed by atoms with Gasteiger partial charge < -0.3 is 15.1 Å². The van der Waals surface area contributed by atoms with Gasteiger partial charge in [-0.3, -0.25) is 4.99 Å². The minimum Gasteiger partial charge on any atom is -0.356 e. The molecule has 0 bridgehead atoms. The van der Waals surface area contributed by atoms with Gasteiger partial charge in [0.25, 0.3) is 0 Å². The molecule has 0 amide bonds. The van der Waals surface area contributed by atoms with E-state index in [1.54, 1.807) is 20.9 Å². The summed E-state index contributed by atoms with van der Waals surface area (Å²) >= 11 is 0. The van der Waals surface area contributed by atoms with Crippen LogP contribution in [0.15, 0.2) is 4.99 Å². The number of unbranched alkanes of at least 4 members (excludes halogenated alkanes) is 1. The number of hydrogen-bond donors (Lipinski definition) is 1. The molecular formula is C18H37IN4O2S. The van der Waals surface area contributed by atoms with E-state index in [2.05, 4.69) is 27.0 Å². The summed E-state index contributed by atoms with van der Waals surface area (Å²) in [5, 5.41) is 3.41. The first kappa shape index (κ1) is 23.9. The number of piperidine rings is 1. The van der Waals surface area contributed by atoms with Crippen LogP contribution >= 0.6 is 24.0 Å². The van der Waals surface area contributed by atoms with Crippen LogP contribution in [0.5, 0.6) is 0 Å². The van der Waals surface area contributed by atoms with Crippen molar-refractivity contribution in [2.24, 2.45) is 10.9 Å². The predicted molar refractivity (Wildman–Crippen MR) is 120 cm³/mol. The van der Waals surface area contributed by atoms with E-state index in [1.165, 1.54) is 38.9 Å². The van der Waals surface area contributed by atoms with Gasteiger partial charge in [-0.2, -0.15) is 0 Å². The van der Waals surface area contributed by atoms with Crippen LogP contribution in [0.2, 0.25) is 0 Å². The van der Waals surface area contributed by atoms with Gasteiger partial charge >= 0.3 is 0 Å². The van der Waals surface area contributed by atoms with E-state index in [0.717, 1.165) is 24.8 Å². The molecule has 0 saturated carbocycles. The highest BCUT2D eigenvalue weighted by Gasteiger charge is 2.40. The lowest BCUT2D eigenvalue weighted by atomic mass is 10.0. The van der Waals surface area contributed by atoms with Gasteiger partial charge in [0.15, 0.2) is 15.8 Å². The molecule has 0 aromatic carbocycles. The van der Waals surface area contributed by atoms with Crippen molar-refractivity contribution in [2.45, 2.75) is 51.2 Å². The van der Waals surface area contributed by atoms with E-state index >= 15 is 0 Å². The lowest BCUT2D eigenvalue weighted by Gasteiger charge is -2.39. The lowest BCUT2D eigenvalue weighted by Crippen LogP contribution is -2.57. The Balaban J connectivity index is 0.00000338. The topological polar surface area (TPSA) is 65.0 Å². The van der Waals surface area contributed by atoms with Gasteiger partial charge in [-0.25, -0.2) is 8.42 Å². The highest BCUT2D eigenvalue weighted by Crippen LogP contribution is 2.23. The SMILES string of the molecule is CN=C(NCCCCN1CCCC(C)C1)N1CCS(=O)(=O)C(C)(C)C1.I. The summed E-state index contributed by atoms with van der Waals surface area (Å²) in [6.07, 6.45) is 5.01. The van der Waals surface area contributed by atoms with Crippen molar-refractivity contribution in [3.63, 3.8) is 0 Å². The number of rotatable bonds is 5. The Labute approximate surface area is 177 Å². The van der Waals surface area contributed by atoms with Crippen LogP contribution in [-0.4, -0.2) is 81.0 Å². The Morgan fingerprint density at radius 3 is 2.62 bits per heavy atom. The first-order valence-electron chi connectivity index (χ1n) is 9.65.